The Morgan fingerprint density at radius 3 is 2.12 bits per heavy atom. The molecule has 4 nitrogen and oxygen atoms in total. The third-order valence-electron chi connectivity index (χ3n) is 3.35. The summed E-state index contributed by atoms with van der Waals surface area (Å²) in [5.74, 6) is -1.23. The quantitative estimate of drug-likeness (QED) is 0.681. The van der Waals surface area contributed by atoms with Crippen LogP contribution >= 0.6 is 0 Å². The first-order chi connectivity index (χ1) is 11.5. The number of hydrogen-bond donors (Lipinski definition) is 0. The minimum Gasteiger partial charge on any atom is -0.298 e. The standard InChI is InChI=1S/C17H10F3N3O/c18-17(19,20)16-22-7-12(8-23-16)14-6-15(21-9-13(14)10-24)11-4-2-1-3-5-11/h1-10H. The summed E-state index contributed by atoms with van der Waals surface area (Å²) in [6, 6.07) is 10.8. The van der Waals surface area contributed by atoms with Gasteiger partial charge in [-0.2, -0.15) is 13.2 Å². The van der Waals surface area contributed by atoms with E-state index in [1.54, 1.807) is 6.07 Å². The van der Waals surface area contributed by atoms with Crippen molar-refractivity contribution in [1.82, 2.24) is 15.0 Å². The summed E-state index contributed by atoms with van der Waals surface area (Å²) < 4.78 is 37.7. The van der Waals surface area contributed by atoms with Gasteiger partial charge >= 0.3 is 6.18 Å². The number of rotatable bonds is 3. The Morgan fingerprint density at radius 2 is 1.54 bits per heavy atom. The van der Waals surface area contributed by atoms with Gasteiger partial charge in [0.25, 0.3) is 0 Å². The van der Waals surface area contributed by atoms with Crippen molar-refractivity contribution in [2.45, 2.75) is 6.18 Å². The molecule has 2 heterocycles. The molecule has 0 radical (unpaired) electrons. The van der Waals surface area contributed by atoms with Crippen LogP contribution in [0.4, 0.5) is 13.2 Å². The molecule has 24 heavy (non-hydrogen) atoms. The molecule has 0 N–H and O–H groups in total. The van der Waals surface area contributed by atoms with Crippen LogP contribution in [-0.4, -0.2) is 21.2 Å². The lowest BCUT2D eigenvalue weighted by Crippen LogP contribution is -2.10. The third-order valence-corrected chi connectivity index (χ3v) is 3.35. The van der Waals surface area contributed by atoms with Gasteiger partial charge < -0.3 is 0 Å². The fraction of sp³-hybridized carbons (Fsp3) is 0.0588. The average molecular weight is 329 g/mol. The van der Waals surface area contributed by atoms with Crippen molar-refractivity contribution in [2.24, 2.45) is 0 Å². The van der Waals surface area contributed by atoms with Crippen molar-refractivity contribution in [3.63, 3.8) is 0 Å². The molecule has 3 aromatic rings. The fourth-order valence-electron chi connectivity index (χ4n) is 2.19. The molecule has 3 rings (SSSR count). The Bertz CT molecular complexity index is 862. The number of nitrogens with zero attached hydrogens (tertiary/aromatic N) is 3. The summed E-state index contributed by atoms with van der Waals surface area (Å²) in [7, 11) is 0. The Labute approximate surface area is 135 Å². The SMILES string of the molecule is O=Cc1cnc(-c2ccccc2)cc1-c1cnc(C(F)(F)F)nc1. The first-order valence-corrected chi connectivity index (χ1v) is 6.89. The van der Waals surface area contributed by atoms with Crippen LogP contribution in [0.25, 0.3) is 22.4 Å². The molecule has 0 aliphatic carbocycles. The van der Waals surface area contributed by atoms with Gasteiger partial charge in [0.1, 0.15) is 0 Å². The zero-order valence-electron chi connectivity index (χ0n) is 12.2. The van der Waals surface area contributed by atoms with Crippen LogP contribution in [0.2, 0.25) is 0 Å². The van der Waals surface area contributed by atoms with Gasteiger partial charge in [0, 0.05) is 35.3 Å². The Kier molecular flexibility index (Phi) is 4.07. The van der Waals surface area contributed by atoms with Gasteiger partial charge in [0.05, 0.1) is 5.69 Å². The number of pyridine rings is 1. The maximum Gasteiger partial charge on any atom is 0.451 e. The van der Waals surface area contributed by atoms with E-state index in [0.29, 0.717) is 23.1 Å². The number of carbonyl (C=O) groups excluding carboxylic acids is 1. The molecule has 120 valence electrons. The van der Waals surface area contributed by atoms with Crippen LogP contribution in [0.5, 0.6) is 0 Å². The van der Waals surface area contributed by atoms with Crippen molar-refractivity contribution in [2.75, 3.05) is 0 Å². The summed E-state index contributed by atoms with van der Waals surface area (Å²) in [5.41, 5.74) is 2.40. The first kappa shape index (κ1) is 15.8. The largest absolute Gasteiger partial charge is 0.451 e. The molecule has 0 bridgehead atoms. The van der Waals surface area contributed by atoms with Crippen molar-refractivity contribution in [3.05, 3.63) is 66.4 Å². The van der Waals surface area contributed by atoms with E-state index in [1.807, 2.05) is 30.3 Å². The van der Waals surface area contributed by atoms with Gasteiger partial charge in [-0.25, -0.2) is 9.97 Å². The highest BCUT2D eigenvalue weighted by molar-refractivity contribution is 5.88. The second-order valence-electron chi connectivity index (χ2n) is 4.93. The molecule has 0 saturated carbocycles. The second-order valence-corrected chi connectivity index (χ2v) is 4.93. The molecule has 0 aliphatic rings. The van der Waals surface area contributed by atoms with Gasteiger partial charge in [0.15, 0.2) is 6.29 Å². The van der Waals surface area contributed by atoms with Crippen molar-refractivity contribution in [3.8, 4) is 22.4 Å². The van der Waals surface area contributed by atoms with E-state index < -0.39 is 12.0 Å². The van der Waals surface area contributed by atoms with Crippen LogP contribution in [0.1, 0.15) is 16.2 Å². The maximum atomic E-state index is 12.6. The molecule has 7 heteroatoms. The van der Waals surface area contributed by atoms with E-state index >= 15 is 0 Å². The third kappa shape index (κ3) is 3.15. The predicted molar refractivity (Wildman–Crippen MR) is 81.1 cm³/mol. The average Bonchev–Trinajstić information content (AvgIpc) is 2.61. The summed E-state index contributed by atoms with van der Waals surface area (Å²) >= 11 is 0. The highest BCUT2D eigenvalue weighted by atomic mass is 19.4. The first-order valence-electron chi connectivity index (χ1n) is 6.89. The van der Waals surface area contributed by atoms with Crippen LogP contribution in [0.3, 0.4) is 0 Å². The molecule has 0 fully saturated rings. The molecule has 0 saturated heterocycles. The minimum atomic E-state index is -4.61. The number of benzene rings is 1. The molecule has 0 aliphatic heterocycles. The molecule has 2 aromatic heterocycles. The summed E-state index contributed by atoms with van der Waals surface area (Å²) in [5, 5.41) is 0. The Morgan fingerprint density at radius 1 is 0.875 bits per heavy atom. The Hall–Kier alpha value is -3.09. The van der Waals surface area contributed by atoms with E-state index in [1.165, 1.54) is 6.20 Å². The van der Waals surface area contributed by atoms with Crippen LogP contribution in [0.15, 0.2) is 55.0 Å². The van der Waals surface area contributed by atoms with E-state index in [0.717, 1.165) is 18.0 Å². The highest BCUT2D eigenvalue weighted by Crippen LogP contribution is 2.29. The number of alkyl halides is 3. The molecule has 0 unspecified atom stereocenters. The maximum absolute atomic E-state index is 12.6. The molecule has 1 aromatic carbocycles. The predicted octanol–water partition coefficient (Wildman–Crippen LogP) is 4.04. The summed E-state index contributed by atoms with van der Waals surface area (Å²) in [6.45, 7) is 0. The highest BCUT2D eigenvalue weighted by Gasteiger charge is 2.34. The van der Waals surface area contributed by atoms with E-state index in [-0.39, 0.29) is 5.56 Å². The number of halogens is 3. The van der Waals surface area contributed by atoms with Gasteiger partial charge in [0.2, 0.25) is 5.82 Å². The second kappa shape index (κ2) is 6.19. The summed E-state index contributed by atoms with van der Waals surface area (Å²) in [4.78, 5) is 22.1. The summed E-state index contributed by atoms with van der Waals surface area (Å²) in [6.07, 6.45) is -0.545. The molecule has 0 atom stereocenters. The van der Waals surface area contributed by atoms with Crippen molar-refractivity contribution >= 4 is 6.29 Å². The van der Waals surface area contributed by atoms with E-state index in [4.69, 9.17) is 0 Å². The van der Waals surface area contributed by atoms with Gasteiger partial charge in [-0.15, -0.1) is 0 Å². The smallest absolute Gasteiger partial charge is 0.298 e. The zero-order valence-corrected chi connectivity index (χ0v) is 12.2. The molecular formula is C17H10F3N3O. The van der Waals surface area contributed by atoms with Gasteiger partial charge in [-0.3, -0.25) is 9.78 Å². The van der Waals surface area contributed by atoms with Crippen LogP contribution in [-0.2, 0) is 6.18 Å². The normalized spacial score (nSPS) is 11.3. The lowest BCUT2D eigenvalue weighted by atomic mass is 10.0. The van der Waals surface area contributed by atoms with Crippen molar-refractivity contribution in [1.29, 1.82) is 0 Å². The van der Waals surface area contributed by atoms with Crippen molar-refractivity contribution < 1.29 is 18.0 Å². The Balaban J connectivity index is 2.07. The molecule has 0 amide bonds. The fourth-order valence-corrected chi connectivity index (χ4v) is 2.19. The number of aromatic nitrogens is 3. The van der Waals surface area contributed by atoms with Gasteiger partial charge in [-0.1, -0.05) is 30.3 Å². The van der Waals surface area contributed by atoms with E-state index in [9.17, 15) is 18.0 Å². The topological polar surface area (TPSA) is 55.7 Å². The lowest BCUT2D eigenvalue weighted by molar-refractivity contribution is -0.144. The zero-order chi connectivity index (χ0) is 17.2. The lowest BCUT2D eigenvalue weighted by Gasteiger charge is -2.09. The molecule has 0 spiro atoms. The van der Waals surface area contributed by atoms with Crippen LogP contribution in [0, 0.1) is 0 Å². The van der Waals surface area contributed by atoms with Crippen LogP contribution < -0.4 is 0 Å². The van der Waals surface area contributed by atoms with Gasteiger partial charge in [-0.05, 0) is 11.6 Å². The number of carbonyl (C=O) groups is 1. The number of aldehydes is 1. The number of hydrogen-bond acceptors (Lipinski definition) is 4. The van der Waals surface area contributed by atoms with E-state index in [2.05, 4.69) is 15.0 Å². The minimum absolute atomic E-state index is 0.248. The molecular weight excluding hydrogens is 319 g/mol. The monoisotopic (exact) mass is 329 g/mol.